The van der Waals surface area contributed by atoms with E-state index in [-0.39, 0.29) is 11.9 Å². The fraction of sp³-hybridized carbons (Fsp3) is 0.300. The molecule has 2 aromatic carbocycles. The molecule has 24 heavy (non-hydrogen) atoms. The average Bonchev–Trinajstić information content (AvgIpc) is 2.65. The Morgan fingerprint density at radius 3 is 2.21 bits per heavy atom. The molecule has 0 N–H and O–H groups in total. The fourth-order valence-electron chi connectivity index (χ4n) is 2.45. The Morgan fingerprint density at radius 2 is 1.62 bits per heavy atom. The quantitative estimate of drug-likeness (QED) is 0.725. The summed E-state index contributed by atoms with van der Waals surface area (Å²) in [6, 6.07) is 16.5. The summed E-state index contributed by atoms with van der Waals surface area (Å²) in [4.78, 5) is 26.1. The highest BCUT2D eigenvalue weighted by molar-refractivity contribution is 5.94. The second-order valence-electron chi connectivity index (χ2n) is 5.63. The summed E-state index contributed by atoms with van der Waals surface area (Å²) >= 11 is 0. The molecular weight excluding hydrogens is 302 g/mol. The molecule has 0 radical (unpaired) electrons. The zero-order valence-electron chi connectivity index (χ0n) is 14.2. The Balaban J connectivity index is 2.13. The first-order chi connectivity index (χ1) is 11.7. The van der Waals surface area contributed by atoms with Gasteiger partial charge >= 0.3 is 5.97 Å². The van der Waals surface area contributed by atoms with E-state index in [0.717, 1.165) is 18.4 Å². The Morgan fingerprint density at radius 1 is 0.958 bits per heavy atom. The van der Waals surface area contributed by atoms with Gasteiger partial charge in [0.2, 0.25) is 0 Å². The molecule has 0 aliphatic heterocycles. The smallest absolute Gasteiger partial charge is 0.337 e. The maximum Gasteiger partial charge on any atom is 0.337 e. The number of hydrogen-bond acceptors (Lipinski definition) is 3. The molecule has 0 saturated heterocycles. The maximum atomic E-state index is 12.7. The molecule has 0 aliphatic rings. The van der Waals surface area contributed by atoms with Gasteiger partial charge in [0.05, 0.1) is 12.7 Å². The van der Waals surface area contributed by atoms with Gasteiger partial charge in [0.15, 0.2) is 0 Å². The number of amides is 1. The molecule has 0 heterocycles. The SMILES string of the molecule is CCCCN(Cc1ccc(C(=O)OC)cc1)C(=O)c1ccccc1. The van der Waals surface area contributed by atoms with E-state index in [1.54, 1.807) is 12.1 Å². The van der Waals surface area contributed by atoms with Crippen LogP contribution >= 0.6 is 0 Å². The average molecular weight is 325 g/mol. The zero-order valence-corrected chi connectivity index (χ0v) is 14.2. The highest BCUT2D eigenvalue weighted by Gasteiger charge is 2.15. The van der Waals surface area contributed by atoms with Crippen molar-refractivity contribution >= 4 is 11.9 Å². The van der Waals surface area contributed by atoms with Gasteiger partial charge in [-0.2, -0.15) is 0 Å². The summed E-state index contributed by atoms with van der Waals surface area (Å²) in [6.07, 6.45) is 1.98. The third kappa shape index (κ3) is 4.69. The van der Waals surface area contributed by atoms with Crippen molar-refractivity contribution < 1.29 is 14.3 Å². The van der Waals surface area contributed by atoms with E-state index in [2.05, 4.69) is 6.92 Å². The van der Waals surface area contributed by atoms with Gasteiger partial charge in [0.25, 0.3) is 5.91 Å². The third-order valence-corrected chi connectivity index (χ3v) is 3.84. The Hall–Kier alpha value is -2.62. The van der Waals surface area contributed by atoms with Gasteiger partial charge < -0.3 is 9.64 Å². The Bertz CT molecular complexity index is 665. The first kappa shape index (κ1) is 17.7. The van der Waals surface area contributed by atoms with Gasteiger partial charge in [-0.1, -0.05) is 43.7 Å². The number of nitrogens with zero attached hydrogens (tertiary/aromatic N) is 1. The van der Waals surface area contributed by atoms with Crippen molar-refractivity contribution in [3.05, 3.63) is 71.3 Å². The first-order valence-corrected chi connectivity index (χ1v) is 8.17. The molecule has 0 aromatic heterocycles. The second-order valence-corrected chi connectivity index (χ2v) is 5.63. The van der Waals surface area contributed by atoms with Gasteiger partial charge in [0, 0.05) is 18.7 Å². The van der Waals surface area contributed by atoms with Gasteiger partial charge in [-0.05, 0) is 36.2 Å². The molecule has 4 heteroatoms. The van der Waals surface area contributed by atoms with Crippen LogP contribution in [0.5, 0.6) is 0 Å². The van der Waals surface area contributed by atoms with Crippen molar-refractivity contribution in [1.29, 1.82) is 0 Å². The molecular formula is C20H23NO3. The van der Waals surface area contributed by atoms with Crippen LogP contribution in [0.25, 0.3) is 0 Å². The lowest BCUT2D eigenvalue weighted by atomic mass is 10.1. The van der Waals surface area contributed by atoms with E-state index in [1.165, 1.54) is 7.11 Å². The molecule has 2 rings (SSSR count). The molecule has 0 saturated carbocycles. The van der Waals surface area contributed by atoms with Gasteiger partial charge in [-0.25, -0.2) is 4.79 Å². The van der Waals surface area contributed by atoms with E-state index in [0.29, 0.717) is 24.2 Å². The molecule has 0 fully saturated rings. The zero-order chi connectivity index (χ0) is 17.4. The number of hydrogen-bond donors (Lipinski definition) is 0. The van der Waals surface area contributed by atoms with E-state index in [1.807, 2.05) is 47.4 Å². The van der Waals surface area contributed by atoms with Crippen molar-refractivity contribution in [2.75, 3.05) is 13.7 Å². The largest absolute Gasteiger partial charge is 0.465 e. The summed E-state index contributed by atoms with van der Waals surface area (Å²) in [5, 5.41) is 0. The van der Waals surface area contributed by atoms with Crippen molar-refractivity contribution in [2.24, 2.45) is 0 Å². The van der Waals surface area contributed by atoms with Crippen LogP contribution in [0.2, 0.25) is 0 Å². The van der Waals surface area contributed by atoms with E-state index in [9.17, 15) is 9.59 Å². The monoisotopic (exact) mass is 325 g/mol. The molecule has 126 valence electrons. The standard InChI is InChI=1S/C20H23NO3/c1-3-4-14-21(19(22)17-8-6-5-7-9-17)15-16-10-12-18(13-11-16)20(23)24-2/h5-13H,3-4,14-15H2,1-2H3. The number of methoxy groups -OCH3 is 1. The van der Waals surface area contributed by atoms with Crippen molar-refractivity contribution in [2.45, 2.75) is 26.3 Å². The second kappa shape index (κ2) is 8.87. The molecule has 0 aliphatic carbocycles. The van der Waals surface area contributed by atoms with Crippen molar-refractivity contribution in [3.8, 4) is 0 Å². The maximum absolute atomic E-state index is 12.7. The summed E-state index contributed by atoms with van der Waals surface area (Å²) in [5.74, 6) is -0.328. The molecule has 0 spiro atoms. The highest BCUT2D eigenvalue weighted by Crippen LogP contribution is 2.13. The highest BCUT2D eigenvalue weighted by atomic mass is 16.5. The van der Waals surface area contributed by atoms with Crippen LogP contribution in [-0.4, -0.2) is 30.4 Å². The van der Waals surface area contributed by atoms with Crippen LogP contribution in [-0.2, 0) is 11.3 Å². The van der Waals surface area contributed by atoms with E-state index >= 15 is 0 Å². The van der Waals surface area contributed by atoms with Crippen molar-refractivity contribution in [1.82, 2.24) is 4.90 Å². The lowest BCUT2D eigenvalue weighted by Crippen LogP contribution is -2.31. The minimum atomic E-state index is -0.357. The van der Waals surface area contributed by atoms with Gasteiger partial charge in [-0.15, -0.1) is 0 Å². The number of carbonyl (C=O) groups is 2. The lowest BCUT2D eigenvalue weighted by Gasteiger charge is -2.23. The van der Waals surface area contributed by atoms with Crippen molar-refractivity contribution in [3.63, 3.8) is 0 Å². The molecule has 0 atom stereocenters. The number of rotatable bonds is 7. The number of carbonyl (C=O) groups excluding carboxylic acids is 2. The Labute approximate surface area is 143 Å². The fourth-order valence-corrected chi connectivity index (χ4v) is 2.45. The van der Waals surface area contributed by atoms with Crippen LogP contribution in [0.1, 0.15) is 46.0 Å². The van der Waals surface area contributed by atoms with Crippen LogP contribution in [0.3, 0.4) is 0 Å². The number of benzene rings is 2. The van der Waals surface area contributed by atoms with Crippen LogP contribution in [0, 0.1) is 0 Å². The topological polar surface area (TPSA) is 46.6 Å². The summed E-state index contributed by atoms with van der Waals surface area (Å²) in [5.41, 5.74) is 2.19. The third-order valence-electron chi connectivity index (χ3n) is 3.84. The number of unbranched alkanes of at least 4 members (excludes halogenated alkanes) is 1. The molecule has 4 nitrogen and oxygen atoms in total. The van der Waals surface area contributed by atoms with E-state index < -0.39 is 0 Å². The Kier molecular flexibility index (Phi) is 6.55. The number of ether oxygens (including phenoxy) is 1. The van der Waals surface area contributed by atoms with Crippen LogP contribution in [0.15, 0.2) is 54.6 Å². The number of esters is 1. The summed E-state index contributed by atoms with van der Waals surface area (Å²) < 4.78 is 4.70. The normalized spacial score (nSPS) is 10.2. The van der Waals surface area contributed by atoms with Gasteiger partial charge in [-0.3, -0.25) is 4.79 Å². The summed E-state index contributed by atoms with van der Waals surface area (Å²) in [6.45, 7) is 3.34. The minimum absolute atomic E-state index is 0.0288. The van der Waals surface area contributed by atoms with Crippen LogP contribution in [0.4, 0.5) is 0 Å². The molecule has 0 bridgehead atoms. The predicted octanol–water partition coefficient (Wildman–Crippen LogP) is 3.92. The molecule has 2 aromatic rings. The predicted molar refractivity (Wildman–Crippen MR) is 93.9 cm³/mol. The van der Waals surface area contributed by atoms with Gasteiger partial charge in [0.1, 0.15) is 0 Å². The molecule has 0 unspecified atom stereocenters. The first-order valence-electron chi connectivity index (χ1n) is 8.17. The van der Waals surface area contributed by atoms with Crippen LogP contribution < -0.4 is 0 Å². The summed E-state index contributed by atoms with van der Waals surface area (Å²) in [7, 11) is 1.36. The van der Waals surface area contributed by atoms with E-state index in [4.69, 9.17) is 4.74 Å². The minimum Gasteiger partial charge on any atom is -0.465 e. The lowest BCUT2D eigenvalue weighted by molar-refractivity contribution is 0.0600. The molecule has 1 amide bonds.